The predicted octanol–water partition coefficient (Wildman–Crippen LogP) is 1.59. The molecule has 0 spiro atoms. The molecule has 0 saturated heterocycles. The van der Waals surface area contributed by atoms with Gasteiger partial charge in [0.05, 0.1) is 15.1 Å². The van der Waals surface area contributed by atoms with Crippen LogP contribution < -0.4 is 11.2 Å². The molecule has 0 fully saturated rings. The van der Waals surface area contributed by atoms with Gasteiger partial charge in [0.1, 0.15) is 6.04 Å². The van der Waals surface area contributed by atoms with E-state index in [9.17, 15) is 9.59 Å². The first-order chi connectivity index (χ1) is 8.99. The molecule has 0 bridgehead atoms. The number of fused-ring (bicyclic) bond motifs is 1. The maximum Gasteiger partial charge on any atom is 0.348 e. The molecule has 0 aliphatic rings. The summed E-state index contributed by atoms with van der Waals surface area (Å²) >= 11 is 4.63. The molecule has 2 aromatic rings. The van der Waals surface area contributed by atoms with Gasteiger partial charge in [0.25, 0.3) is 5.91 Å². The molecule has 3 N–H and O–H groups in total. The lowest BCUT2D eigenvalue weighted by Crippen LogP contribution is -2.35. The van der Waals surface area contributed by atoms with Crippen molar-refractivity contribution in [3.63, 3.8) is 0 Å². The van der Waals surface area contributed by atoms with Gasteiger partial charge in [-0.25, -0.2) is 4.79 Å². The highest BCUT2D eigenvalue weighted by molar-refractivity contribution is 9.10. The number of nitrogens with two attached hydrogens (primary N) is 1. The van der Waals surface area contributed by atoms with Gasteiger partial charge in [-0.1, -0.05) is 0 Å². The number of halogens is 1. The van der Waals surface area contributed by atoms with E-state index in [0.717, 1.165) is 9.17 Å². The summed E-state index contributed by atoms with van der Waals surface area (Å²) in [5.74, 6) is -1.21. The molecule has 0 aliphatic heterocycles. The Morgan fingerprint density at radius 1 is 1.58 bits per heavy atom. The number of hydroxylamine groups is 1. The predicted molar refractivity (Wildman–Crippen MR) is 74.5 cm³/mol. The maximum absolute atomic E-state index is 11.8. The van der Waals surface area contributed by atoms with Crippen molar-refractivity contribution in [1.82, 2.24) is 10.5 Å². The SMILES string of the molecule is C[C@@H](N)C(=O)ONC(=O)c1cc2nccc(Br)c2s1. The van der Waals surface area contributed by atoms with E-state index >= 15 is 0 Å². The highest BCUT2D eigenvalue weighted by Crippen LogP contribution is 2.30. The zero-order chi connectivity index (χ0) is 14.0. The van der Waals surface area contributed by atoms with E-state index < -0.39 is 17.9 Å². The van der Waals surface area contributed by atoms with Gasteiger partial charge in [-0.05, 0) is 35.0 Å². The van der Waals surface area contributed by atoms with Crippen LogP contribution in [0.4, 0.5) is 0 Å². The zero-order valence-electron chi connectivity index (χ0n) is 9.84. The lowest BCUT2D eigenvalue weighted by atomic mass is 10.3. The average molecular weight is 344 g/mol. The minimum atomic E-state index is -0.793. The monoisotopic (exact) mass is 343 g/mol. The Balaban J connectivity index is 2.14. The summed E-state index contributed by atoms with van der Waals surface area (Å²) in [6, 6.07) is 2.62. The number of rotatable bonds is 2. The zero-order valence-corrected chi connectivity index (χ0v) is 12.2. The van der Waals surface area contributed by atoms with Crippen LogP contribution in [0, 0.1) is 0 Å². The summed E-state index contributed by atoms with van der Waals surface area (Å²) in [5.41, 5.74) is 8.06. The largest absolute Gasteiger partial charge is 0.348 e. The van der Waals surface area contributed by atoms with Gasteiger partial charge in [0.15, 0.2) is 0 Å². The van der Waals surface area contributed by atoms with Gasteiger partial charge in [0, 0.05) is 10.7 Å². The van der Waals surface area contributed by atoms with E-state index in [-0.39, 0.29) is 0 Å². The normalized spacial score (nSPS) is 12.2. The van der Waals surface area contributed by atoms with Crippen LogP contribution >= 0.6 is 27.3 Å². The molecule has 8 heteroatoms. The number of hydrogen-bond acceptors (Lipinski definition) is 6. The van der Waals surface area contributed by atoms with E-state index in [1.165, 1.54) is 18.3 Å². The number of amides is 1. The maximum atomic E-state index is 11.8. The van der Waals surface area contributed by atoms with Crippen LogP contribution in [0.5, 0.6) is 0 Å². The van der Waals surface area contributed by atoms with Crippen LogP contribution in [0.1, 0.15) is 16.6 Å². The molecule has 2 heterocycles. The van der Waals surface area contributed by atoms with Crippen molar-refractivity contribution in [2.75, 3.05) is 0 Å². The van der Waals surface area contributed by atoms with Crippen LogP contribution in [-0.2, 0) is 9.63 Å². The number of aromatic nitrogens is 1. The Labute approximate surface area is 121 Å². The summed E-state index contributed by atoms with van der Waals surface area (Å²) in [6.07, 6.45) is 1.64. The molecule has 2 aromatic heterocycles. The Morgan fingerprint density at radius 3 is 2.95 bits per heavy atom. The number of carbonyl (C=O) groups excluding carboxylic acids is 2. The molecular weight excluding hydrogens is 334 g/mol. The Morgan fingerprint density at radius 2 is 2.32 bits per heavy atom. The Bertz CT molecular complexity index is 641. The van der Waals surface area contributed by atoms with Gasteiger partial charge >= 0.3 is 5.97 Å². The van der Waals surface area contributed by atoms with Gasteiger partial charge < -0.3 is 10.6 Å². The van der Waals surface area contributed by atoms with Crippen molar-refractivity contribution in [3.05, 3.63) is 27.7 Å². The highest BCUT2D eigenvalue weighted by Gasteiger charge is 2.15. The van der Waals surface area contributed by atoms with E-state index in [1.807, 2.05) is 0 Å². The number of nitrogens with zero attached hydrogens (tertiary/aromatic N) is 1. The fourth-order valence-electron chi connectivity index (χ4n) is 1.26. The highest BCUT2D eigenvalue weighted by atomic mass is 79.9. The topological polar surface area (TPSA) is 94.3 Å². The number of thiophene rings is 1. The van der Waals surface area contributed by atoms with Gasteiger partial charge in [0.2, 0.25) is 0 Å². The third-order valence-corrected chi connectivity index (χ3v) is 4.28. The van der Waals surface area contributed by atoms with Crippen LogP contribution in [0.15, 0.2) is 22.8 Å². The lowest BCUT2D eigenvalue weighted by Gasteiger charge is -2.05. The molecule has 6 nitrogen and oxygen atoms in total. The van der Waals surface area contributed by atoms with Crippen molar-refractivity contribution in [2.45, 2.75) is 13.0 Å². The van der Waals surface area contributed by atoms with Crippen LogP contribution in [-0.4, -0.2) is 22.9 Å². The standard InChI is InChI=1S/C11H10BrN3O3S/c1-5(13)11(17)18-15-10(16)8-4-7-9(19-8)6(12)2-3-14-7/h2-5H,13H2,1H3,(H,15,16)/t5-/m1/s1. The number of carbonyl (C=O) groups is 2. The molecule has 0 unspecified atom stereocenters. The molecule has 0 aromatic carbocycles. The summed E-state index contributed by atoms with van der Waals surface area (Å²) in [6.45, 7) is 1.47. The van der Waals surface area contributed by atoms with Crippen molar-refractivity contribution < 1.29 is 14.4 Å². The summed E-state index contributed by atoms with van der Waals surface area (Å²) < 4.78 is 1.71. The number of pyridine rings is 1. The molecule has 0 radical (unpaired) electrons. The molecule has 19 heavy (non-hydrogen) atoms. The molecule has 1 amide bonds. The quantitative estimate of drug-likeness (QED) is 0.807. The second-order valence-corrected chi connectivity index (χ2v) is 5.67. The second-order valence-electron chi connectivity index (χ2n) is 3.76. The average Bonchev–Trinajstić information content (AvgIpc) is 2.80. The third kappa shape index (κ3) is 3.09. The summed E-state index contributed by atoms with van der Waals surface area (Å²) in [5, 5.41) is 0. The van der Waals surface area contributed by atoms with Crippen molar-refractivity contribution in [1.29, 1.82) is 0 Å². The fraction of sp³-hybridized carbons (Fsp3) is 0.182. The molecule has 1 atom stereocenters. The third-order valence-electron chi connectivity index (χ3n) is 2.20. The van der Waals surface area contributed by atoms with Crippen molar-refractivity contribution in [3.8, 4) is 0 Å². The first kappa shape index (κ1) is 13.9. The van der Waals surface area contributed by atoms with Gasteiger partial charge in [-0.2, -0.15) is 5.48 Å². The van der Waals surface area contributed by atoms with E-state index in [4.69, 9.17) is 5.73 Å². The molecule has 100 valence electrons. The summed E-state index contributed by atoms with van der Waals surface area (Å²) in [4.78, 5) is 32.0. The molecule has 2 rings (SSSR count). The molecule has 0 saturated carbocycles. The van der Waals surface area contributed by atoms with Crippen LogP contribution in [0.3, 0.4) is 0 Å². The van der Waals surface area contributed by atoms with E-state index in [1.54, 1.807) is 18.3 Å². The number of nitrogens with one attached hydrogen (secondary N) is 1. The van der Waals surface area contributed by atoms with Crippen molar-refractivity contribution >= 4 is 49.4 Å². The molecular formula is C11H10BrN3O3S. The molecule has 0 aliphatic carbocycles. The first-order valence-corrected chi connectivity index (χ1v) is 6.90. The van der Waals surface area contributed by atoms with E-state index in [2.05, 4.69) is 31.2 Å². The van der Waals surface area contributed by atoms with Crippen LogP contribution in [0.2, 0.25) is 0 Å². The van der Waals surface area contributed by atoms with Crippen LogP contribution in [0.25, 0.3) is 10.2 Å². The minimum absolute atomic E-state index is 0.395. The van der Waals surface area contributed by atoms with Gasteiger partial charge in [-0.15, -0.1) is 11.3 Å². The second kappa shape index (κ2) is 5.64. The number of hydrogen-bond donors (Lipinski definition) is 2. The fourth-order valence-corrected chi connectivity index (χ4v) is 2.73. The van der Waals surface area contributed by atoms with E-state index in [0.29, 0.717) is 10.4 Å². The minimum Gasteiger partial charge on any atom is -0.339 e. The lowest BCUT2D eigenvalue weighted by molar-refractivity contribution is -0.150. The summed E-state index contributed by atoms with van der Waals surface area (Å²) in [7, 11) is 0. The smallest absolute Gasteiger partial charge is 0.339 e. The first-order valence-electron chi connectivity index (χ1n) is 5.29. The Kier molecular flexibility index (Phi) is 4.13. The Hall–Kier alpha value is -1.51. The van der Waals surface area contributed by atoms with Crippen molar-refractivity contribution in [2.24, 2.45) is 5.73 Å². The van der Waals surface area contributed by atoms with Gasteiger partial charge in [-0.3, -0.25) is 9.78 Å².